The average molecular weight is 381 g/mol. The summed E-state index contributed by atoms with van der Waals surface area (Å²) < 4.78 is 13.1. The molecule has 5 heteroatoms. The van der Waals surface area contributed by atoms with Crippen molar-refractivity contribution < 1.29 is 9.18 Å². The molecule has 1 saturated carbocycles. The summed E-state index contributed by atoms with van der Waals surface area (Å²) in [5, 5.41) is 0. The van der Waals surface area contributed by atoms with Gasteiger partial charge < -0.3 is 4.90 Å². The van der Waals surface area contributed by atoms with Crippen LogP contribution < -0.4 is 0 Å². The highest BCUT2D eigenvalue weighted by atomic mass is 19.1. The molecule has 28 heavy (non-hydrogen) atoms. The largest absolute Gasteiger partial charge is 0.339 e. The molecule has 0 bridgehead atoms. The van der Waals surface area contributed by atoms with Crippen LogP contribution in [0.25, 0.3) is 0 Å². The van der Waals surface area contributed by atoms with E-state index in [1.807, 2.05) is 12.4 Å². The highest BCUT2D eigenvalue weighted by Gasteiger charge is 2.32. The third-order valence-electron chi connectivity index (χ3n) is 5.89. The maximum absolute atomic E-state index is 13.1. The van der Waals surface area contributed by atoms with Gasteiger partial charge in [0.05, 0.1) is 6.42 Å². The van der Waals surface area contributed by atoms with Gasteiger partial charge in [-0.2, -0.15) is 0 Å². The Morgan fingerprint density at radius 2 is 1.68 bits per heavy atom. The van der Waals surface area contributed by atoms with Gasteiger partial charge in [0.2, 0.25) is 5.91 Å². The predicted molar refractivity (Wildman–Crippen MR) is 107 cm³/mol. The summed E-state index contributed by atoms with van der Waals surface area (Å²) in [5.74, 6) is 0.603. The smallest absolute Gasteiger partial charge is 0.227 e. The van der Waals surface area contributed by atoms with Gasteiger partial charge >= 0.3 is 0 Å². The van der Waals surface area contributed by atoms with Gasteiger partial charge in [-0.25, -0.2) is 4.39 Å². The standard InChI is InChI=1S/C23H28FN3O/c24-21-5-3-18(4-6-21)15-23(28)27(17-19-1-2-19)22-9-13-26(14-10-22)16-20-7-11-25-12-8-20/h3-8,11-12,19,22H,1-2,9-10,13-17H2. The fraction of sp³-hybridized carbons (Fsp3) is 0.478. The van der Waals surface area contributed by atoms with Gasteiger partial charge in [0.25, 0.3) is 0 Å². The van der Waals surface area contributed by atoms with E-state index in [2.05, 4.69) is 26.9 Å². The zero-order valence-electron chi connectivity index (χ0n) is 16.3. The van der Waals surface area contributed by atoms with E-state index in [0.717, 1.165) is 44.6 Å². The molecule has 1 amide bonds. The second kappa shape index (κ2) is 8.82. The molecule has 0 unspecified atom stereocenters. The van der Waals surface area contributed by atoms with Crippen molar-refractivity contribution in [2.75, 3.05) is 19.6 Å². The lowest BCUT2D eigenvalue weighted by Crippen LogP contribution is -2.48. The van der Waals surface area contributed by atoms with E-state index in [1.54, 1.807) is 12.1 Å². The van der Waals surface area contributed by atoms with E-state index in [0.29, 0.717) is 18.4 Å². The molecule has 0 atom stereocenters. The number of halogens is 1. The number of aromatic nitrogens is 1. The summed E-state index contributed by atoms with van der Waals surface area (Å²) >= 11 is 0. The molecule has 2 aromatic rings. The van der Waals surface area contributed by atoms with Crippen LogP contribution in [0.5, 0.6) is 0 Å². The second-order valence-electron chi connectivity index (χ2n) is 8.16. The number of carbonyl (C=O) groups is 1. The van der Waals surface area contributed by atoms with Gasteiger partial charge in [0.15, 0.2) is 0 Å². The first-order valence-electron chi connectivity index (χ1n) is 10.3. The third-order valence-corrected chi connectivity index (χ3v) is 5.89. The number of benzene rings is 1. The zero-order valence-corrected chi connectivity index (χ0v) is 16.3. The van der Waals surface area contributed by atoms with E-state index < -0.39 is 0 Å². The lowest BCUT2D eigenvalue weighted by molar-refractivity contribution is -0.134. The number of pyridine rings is 1. The number of carbonyl (C=O) groups excluding carboxylic acids is 1. The molecule has 4 rings (SSSR count). The second-order valence-corrected chi connectivity index (χ2v) is 8.16. The number of likely N-dealkylation sites (tertiary alicyclic amines) is 1. The van der Waals surface area contributed by atoms with E-state index >= 15 is 0 Å². The Morgan fingerprint density at radius 1 is 1.00 bits per heavy atom. The number of amides is 1. The fourth-order valence-electron chi connectivity index (χ4n) is 4.05. The number of piperidine rings is 1. The van der Waals surface area contributed by atoms with E-state index in [4.69, 9.17) is 0 Å². The molecule has 4 nitrogen and oxygen atoms in total. The van der Waals surface area contributed by atoms with Crippen LogP contribution in [0.3, 0.4) is 0 Å². The molecule has 0 N–H and O–H groups in total. The molecule has 2 fully saturated rings. The fourth-order valence-corrected chi connectivity index (χ4v) is 4.05. The quantitative estimate of drug-likeness (QED) is 0.734. The number of rotatable bonds is 7. The van der Waals surface area contributed by atoms with Crippen molar-refractivity contribution in [2.45, 2.75) is 44.7 Å². The molecule has 0 radical (unpaired) electrons. The van der Waals surface area contributed by atoms with Crippen molar-refractivity contribution in [3.63, 3.8) is 0 Å². The Kier molecular flexibility index (Phi) is 6.01. The van der Waals surface area contributed by atoms with Crippen LogP contribution in [0.2, 0.25) is 0 Å². The highest BCUT2D eigenvalue weighted by molar-refractivity contribution is 5.79. The molecule has 1 aliphatic carbocycles. The molecule has 2 heterocycles. The van der Waals surface area contributed by atoms with Crippen molar-refractivity contribution in [1.29, 1.82) is 0 Å². The van der Waals surface area contributed by atoms with Crippen LogP contribution in [-0.2, 0) is 17.8 Å². The molecule has 0 spiro atoms. The number of hydrogen-bond acceptors (Lipinski definition) is 3. The Morgan fingerprint density at radius 3 is 2.32 bits per heavy atom. The van der Waals surface area contributed by atoms with Crippen molar-refractivity contribution in [1.82, 2.24) is 14.8 Å². The van der Waals surface area contributed by atoms with Crippen LogP contribution in [0.15, 0.2) is 48.8 Å². The molecule has 1 aromatic heterocycles. The topological polar surface area (TPSA) is 36.4 Å². The first-order valence-corrected chi connectivity index (χ1v) is 10.3. The van der Waals surface area contributed by atoms with Gasteiger partial charge in [-0.15, -0.1) is 0 Å². The van der Waals surface area contributed by atoms with E-state index in [9.17, 15) is 9.18 Å². The maximum atomic E-state index is 13.1. The summed E-state index contributed by atoms with van der Waals surface area (Å²) in [6.07, 6.45) is 8.56. The van der Waals surface area contributed by atoms with Gasteiger partial charge in [-0.1, -0.05) is 12.1 Å². The SMILES string of the molecule is O=C(Cc1ccc(F)cc1)N(CC1CC1)C1CCN(Cc2ccncc2)CC1. The molecular formula is C23H28FN3O. The molecular weight excluding hydrogens is 353 g/mol. The average Bonchev–Trinajstić information content (AvgIpc) is 3.54. The minimum Gasteiger partial charge on any atom is -0.339 e. The lowest BCUT2D eigenvalue weighted by Gasteiger charge is -2.39. The first kappa shape index (κ1) is 19.1. The Bertz CT molecular complexity index is 768. The molecule has 2 aliphatic rings. The van der Waals surface area contributed by atoms with Crippen molar-refractivity contribution in [3.05, 3.63) is 65.7 Å². The molecule has 148 valence electrons. The van der Waals surface area contributed by atoms with Crippen LogP contribution in [-0.4, -0.2) is 46.4 Å². The normalized spacial score (nSPS) is 18.2. The van der Waals surface area contributed by atoms with E-state index in [1.165, 1.54) is 30.5 Å². The molecule has 1 saturated heterocycles. The van der Waals surface area contributed by atoms with Crippen molar-refractivity contribution in [2.24, 2.45) is 5.92 Å². The molecule has 1 aliphatic heterocycles. The van der Waals surface area contributed by atoms with Crippen LogP contribution >= 0.6 is 0 Å². The Balaban J connectivity index is 1.35. The zero-order chi connectivity index (χ0) is 19.3. The van der Waals surface area contributed by atoms with Crippen LogP contribution in [0, 0.1) is 11.7 Å². The van der Waals surface area contributed by atoms with Crippen LogP contribution in [0.4, 0.5) is 4.39 Å². The highest BCUT2D eigenvalue weighted by Crippen LogP contribution is 2.32. The Labute approximate surface area is 166 Å². The summed E-state index contributed by atoms with van der Waals surface area (Å²) in [7, 11) is 0. The third kappa shape index (κ3) is 5.16. The maximum Gasteiger partial charge on any atom is 0.227 e. The summed E-state index contributed by atoms with van der Waals surface area (Å²) in [4.78, 5) is 21.7. The minimum absolute atomic E-state index is 0.186. The number of hydrogen-bond donors (Lipinski definition) is 0. The van der Waals surface area contributed by atoms with Crippen molar-refractivity contribution >= 4 is 5.91 Å². The van der Waals surface area contributed by atoms with Gasteiger partial charge in [-0.3, -0.25) is 14.7 Å². The first-order chi connectivity index (χ1) is 13.7. The number of nitrogens with zero attached hydrogens (tertiary/aromatic N) is 3. The summed E-state index contributed by atoms with van der Waals surface area (Å²) in [5.41, 5.74) is 2.18. The van der Waals surface area contributed by atoms with Gasteiger partial charge in [-0.05, 0) is 67.0 Å². The predicted octanol–water partition coefficient (Wildman–Crippen LogP) is 3.67. The minimum atomic E-state index is -0.257. The lowest BCUT2D eigenvalue weighted by atomic mass is 10.0. The van der Waals surface area contributed by atoms with Gasteiger partial charge in [0.1, 0.15) is 5.82 Å². The summed E-state index contributed by atoms with van der Waals surface area (Å²) in [6.45, 7) is 3.85. The monoisotopic (exact) mass is 381 g/mol. The van der Waals surface area contributed by atoms with Crippen LogP contribution in [0.1, 0.15) is 36.8 Å². The summed E-state index contributed by atoms with van der Waals surface area (Å²) in [6, 6.07) is 10.8. The van der Waals surface area contributed by atoms with E-state index in [-0.39, 0.29) is 11.7 Å². The van der Waals surface area contributed by atoms with Crippen molar-refractivity contribution in [3.8, 4) is 0 Å². The molecule has 1 aromatic carbocycles. The van der Waals surface area contributed by atoms with Gasteiger partial charge in [0, 0.05) is 44.6 Å². The Hall–Kier alpha value is -2.27.